The number of nitrogens with zero attached hydrogens (tertiary/aromatic N) is 1. The summed E-state index contributed by atoms with van der Waals surface area (Å²) in [5.74, 6) is -1.60. The van der Waals surface area contributed by atoms with Crippen LogP contribution in [0.15, 0.2) is 18.2 Å². The van der Waals surface area contributed by atoms with Crippen molar-refractivity contribution in [3.63, 3.8) is 0 Å². The van der Waals surface area contributed by atoms with Crippen LogP contribution >= 0.6 is 11.6 Å². The summed E-state index contributed by atoms with van der Waals surface area (Å²) < 4.78 is 38.0. The van der Waals surface area contributed by atoms with Gasteiger partial charge in [0.15, 0.2) is 5.78 Å². The number of benzene rings is 1. The van der Waals surface area contributed by atoms with Crippen LogP contribution in [0.3, 0.4) is 0 Å². The second-order valence-corrected chi connectivity index (χ2v) is 5.66. The number of halogens is 4. The van der Waals surface area contributed by atoms with Gasteiger partial charge >= 0.3 is 12.1 Å². The largest absolute Gasteiger partial charge is 0.471 e. The number of Topliss-reactive ketones (excluding diaryl/α,β-unsaturated/α-hetero) is 1. The number of anilines is 1. The first kappa shape index (κ1) is 16.8. The van der Waals surface area contributed by atoms with E-state index in [1.54, 1.807) is 13.0 Å². The summed E-state index contributed by atoms with van der Waals surface area (Å²) in [5.41, 5.74) is 1.25. The van der Waals surface area contributed by atoms with Crippen LogP contribution in [0.1, 0.15) is 35.7 Å². The molecular weight excluding hydrogens is 319 g/mol. The normalized spacial score (nSPS) is 17.5. The molecule has 1 aromatic carbocycles. The van der Waals surface area contributed by atoms with Crippen molar-refractivity contribution < 1.29 is 22.8 Å². The Balaban J connectivity index is 2.28. The minimum absolute atomic E-state index is 0.100. The SMILES string of the molecule is CC1Cc2cc(C(=O)CCCCl)ccc2N1C(=O)C(F)(F)F. The molecule has 0 aliphatic carbocycles. The van der Waals surface area contributed by atoms with Crippen LogP contribution in [0.4, 0.5) is 18.9 Å². The van der Waals surface area contributed by atoms with E-state index in [1.807, 2.05) is 0 Å². The van der Waals surface area contributed by atoms with Crippen molar-refractivity contribution in [2.24, 2.45) is 0 Å². The van der Waals surface area contributed by atoms with Gasteiger partial charge in [-0.1, -0.05) is 0 Å². The molecular formula is C15H15ClF3NO2. The van der Waals surface area contributed by atoms with Crippen LogP contribution in [0.5, 0.6) is 0 Å². The number of rotatable bonds is 4. The molecule has 3 nitrogen and oxygen atoms in total. The van der Waals surface area contributed by atoms with E-state index in [0.717, 1.165) is 4.90 Å². The van der Waals surface area contributed by atoms with E-state index in [2.05, 4.69) is 0 Å². The van der Waals surface area contributed by atoms with Crippen molar-refractivity contribution in [1.29, 1.82) is 0 Å². The Bertz CT molecular complexity index is 601. The van der Waals surface area contributed by atoms with Gasteiger partial charge in [-0.15, -0.1) is 11.6 Å². The molecule has 0 saturated carbocycles. The summed E-state index contributed by atoms with van der Waals surface area (Å²) in [5, 5.41) is 0. The van der Waals surface area contributed by atoms with Crippen molar-refractivity contribution in [1.82, 2.24) is 0 Å². The first-order chi connectivity index (χ1) is 10.3. The van der Waals surface area contributed by atoms with Gasteiger partial charge in [-0.05, 0) is 43.5 Å². The van der Waals surface area contributed by atoms with Crippen LogP contribution in [0.25, 0.3) is 0 Å². The summed E-state index contributed by atoms with van der Waals surface area (Å²) in [4.78, 5) is 24.2. The molecule has 0 radical (unpaired) electrons. The summed E-state index contributed by atoms with van der Waals surface area (Å²) in [6.07, 6.45) is -3.77. The van der Waals surface area contributed by atoms with Gasteiger partial charge in [-0.3, -0.25) is 9.59 Å². The van der Waals surface area contributed by atoms with Gasteiger partial charge in [-0.25, -0.2) is 0 Å². The molecule has 22 heavy (non-hydrogen) atoms. The third-order valence-electron chi connectivity index (χ3n) is 3.62. The zero-order chi connectivity index (χ0) is 16.5. The van der Waals surface area contributed by atoms with E-state index < -0.39 is 18.1 Å². The van der Waals surface area contributed by atoms with Gasteiger partial charge in [0.25, 0.3) is 0 Å². The van der Waals surface area contributed by atoms with E-state index >= 15 is 0 Å². The average Bonchev–Trinajstić information content (AvgIpc) is 2.77. The lowest BCUT2D eigenvalue weighted by Crippen LogP contribution is -2.44. The Morgan fingerprint density at radius 1 is 1.36 bits per heavy atom. The first-order valence-corrected chi connectivity index (χ1v) is 7.41. The number of ketones is 1. The Hall–Kier alpha value is -1.56. The number of amides is 1. The first-order valence-electron chi connectivity index (χ1n) is 6.88. The van der Waals surface area contributed by atoms with Crippen LogP contribution in [0, 0.1) is 0 Å². The Kier molecular flexibility index (Phi) is 4.80. The highest BCUT2D eigenvalue weighted by molar-refractivity contribution is 6.18. The molecule has 7 heteroatoms. The Labute approximate surface area is 131 Å². The number of fused-ring (bicyclic) bond motifs is 1. The van der Waals surface area contributed by atoms with Crippen LogP contribution in [0.2, 0.25) is 0 Å². The molecule has 0 N–H and O–H groups in total. The van der Waals surface area contributed by atoms with E-state index in [9.17, 15) is 22.8 Å². The van der Waals surface area contributed by atoms with Crippen LogP contribution in [-0.4, -0.2) is 29.8 Å². The summed E-state index contributed by atoms with van der Waals surface area (Å²) >= 11 is 5.54. The lowest BCUT2D eigenvalue weighted by atomic mass is 10.0. The van der Waals surface area contributed by atoms with Gasteiger partial charge in [0.05, 0.1) is 0 Å². The molecule has 120 valence electrons. The lowest BCUT2D eigenvalue weighted by Gasteiger charge is -2.23. The van der Waals surface area contributed by atoms with Crippen molar-refractivity contribution >= 4 is 29.0 Å². The Morgan fingerprint density at radius 2 is 2.05 bits per heavy atom. The van der Waals surface area contributed by atoms with Gasteiger partial charge < -0.3 is 4.90 Å². The van der Waals surface area contributed by atoms with E-state index in [0.29, 0.717) is 36.3 Å². The number of alkyl halides is 4. The van der Waals surface area contributed by atoms with Gasteiger partial charge in [0.1, 0.15) is 0 Å². The van der Waals surface area contributed by atoms with E-state index in [4.69, 9.17) is 11.6 Å². The minimum Gasteiger partial charge on any atom is -0.301 e. The molecule has 1 amide bonds. The maximum atomic E-state index is 12.7. The fraction of sp³-hybridized carbons (Fsp3) is 0.467. The Morgan fingerprint density at radius 3 is 2.64 bits per heavy atom. The van der Waals surface area contributed by atoms with Crippen LogP contribution in [-0.2, 0) is 11.2 Å². The molecule has 2 rings (SSSR count). The van der Waals surface area contributed by atoms with E-state index in [1.165, 1.54) is 12.1 Å². The van der Waals surface area contributed by atoms with Gasteiger partial charge in [0.2, 0.25) is 0 Å². The molecule has 0 aromatic heterocycles. The maximum absolute atomic E-state index is 12.7. The highest BCUT2D eigenvalue weighted by Gasteiger charge is 2.46. The minimum atomic E-state index is -4.91. The van der Waals surface area contributed by atoms with Gasteiger partial charge in [0, 0.05) is 29.6 Å². The zero-order valence-corrected chi connectivity index (χ0v) is 12.7. The monoisotopic (exact) mass is 333 g/mol. The molecule has 1 aliphatic rings. The smallest absolute Gasteiger partial charge is 0.301 e. The van der Waals surface area contributed by atoms with E-state index in [-0.39, 0.29) is 11.5 Å². The molecule has 0 fully saturated rings. The maximum Gasteiger partial charge on any atom is 0.471 e. The molecule has 0 saturated heterocycles. The number of carbonyl (C=O) groups excluding carboxylic acids is 2. The fourth-order valence-corrected chi connectivity index (χ4v) is 2.76. The second-order valence-electron chi connectivity index (χ2n) is 5.29. The summed E-state index contributed by atoms with van der Waals surface area (Å²) in [7, 11) is 0. The molecule has 0 bridgehead atoms. The van der Waals surface area contributed by atoms with Crippen molar-refractivity contribution in [2.45, 2.75) is 38.4 Å². The second kappa shape index (κ2) is 6.28. The highest BCUT2D eigenvalue weighted by atomic mass is 35.5. The molecule has 0 spiro atoms. The molecule has 1 unspecified atom stereocenters. The molecule has 1 atom stereocenters. The van der Waals surface area contributed by atoms with Crippen molar-refractivity contribution in [3.05, 3.63) is 29.3 Å². The van der Waals surface area contributed by atoms with Crippen LogP contribution < -0.4 is 4.90 Å². The third kappa shape index (κ3) is 3.27. The number of hydrogen-bond donors (Lipinski definition) is 0. The fourth-order valence-electron chi connectivity index (χ4n) is 2.62. The highest BCUT2D eigenvalue weighted by Crippen LogP contribution is 2.36. The predicted octanol–water partition coefficient (Wildman–Crippen LogP) is 3.73. The quantitative estimate of drug-likeness (QED) is 0.622. The van der Waals surface area contributed by atoms with Crippen molar-refractivity contribution in [2.75, 3.05) is 10.8 Å². The molecule has 1 aromatic rings. The topological polar surface area (TPSA) is 37.4 Å². The zero-order valence-electron chi connectivity index (χ0n) is 11.9. The summed E-state index contributed by atoms with van der Waals surface area (Å²) in [6, 6.07) is 3.87. The summed E-state index contributed by atoms with van der Waals surface area (Å²) in [6.45, 7) is 1.55. The predicted molar refractivity (Wildman–Crippen MR) is 77.4 cm³/mol. The number of carbonyl (C=O) groups is 2. The molecule has 1 aliphatic heterocycles. The molecule has 1 heterocycles. The van der Waals surface area contributed by atoms with Crippen molar-refractivity contribution in [3.8, 4) is 0 Å². The number of hydrogen-bond acceptors (Lipinski definition) is 2. The lowest BCUT2D eigenvalue weighted by molar-refractivity contribution is -0.170. The standard InChI is InChI=1S/C15H15ClF3NO2/c1-9-7-11-8-10(13(21)3-2-6-16)4-5-12(11)20(9)14(22)15(17,18)19/h4-5,8-9H,2-3,6-7H2,1H3. The van der Waals surface area contributed by atoms with Gasteiger partial charge in [-0.2, -0.15) is 13.2 Å². The average molecular weight is 334 g/mol. The third-order valence-corrected chi connectivity index (χ3v) is 3.88.